The second kappa shape index (κ2) is 4.11. The predicted octanol–water partition coefficient (Wildman–Crippen LogP) is 2.92. The van der Waals surface area contributed by atoms with Crippen molar-refractivity contribution in [2.24, 2.45) is 0 Å². The zero-order chi connectivity index (χ0) is 12.6. The van der Waals surface area contributed by atoms with Gasteiger partial charge in [0.05, 0.1) is 11.4 Å². The Morgan fingerprint density at radius 2 is 1.94 bits per heavy atom. The molecule has 0 atom stereocenters. The summed E-state index contributed by atoms with van der Waals surface area (Å²) < 4.78 is 1.71. The molecule has 4 nitrogen and oxygen atoms in total. The standard InChI is InChI=1S/C12H15ClN4/c1-8-5-6-17(16-8)10-7-9(12(2,3)4)14-11(13)15-10/h5-7H,1-4H3. The normalized spacial score (nSPS) is 11.8. The molecule has 5 heteroatoms. The number of aryl methyl sites for hydroxylation is 1. The molecule has 0 aliphatic carbocycles. The van der Waals surface area contributed by atoms with Crippen LogP contribution in [0.15, 0.2) is 18.3 Å². The number of halogens is 1. The maximum absolute atomic E-state index is 5.95. The number of aromatic nitrogens is 4. The lowest BCUT2D eigenvalue weighted by Gasteiger charge is -2.18. The first-order valence-corrected chi connectivity index (χ1v) is 5.82. The lowest BCUT2D eigenvalue weighted by Crippen LogP contribution is -2.15. The van der Waals surface area contributed by atoms with Crippen molar-refractivity contribution in [3.05, 3.63) is 35.0 Å². The fourth-order valence-electron chi connectivity index (χ4n) is 1.45. The Labute approximate surface area is 106 Å². The fourth-order valence-corrected chi connectivity index (χ4v) is 1.63. The predicted molar refractivity (Wildman–Crippen MR) is 67.6 cm³/mol. The third-order valence-corrected chi connectivity index (χ3v) is 2.58. The van der Waals surface area contributed by atoms with Gasteiger partial charge in [-0.3, -0.25) is 0 Å². The van der Waals surface area contributed by atoms with Crippen molar-refractivity contribution < 1.29 is 0 Å². The van der Waals surface area contributed by atoms with E-state index in [1.165, 1.54) is 0 Å². The highest BCUT2D eigenvalue weighted by Crippen LogP contribution is 2.22. The molecule has 0 spiro atoms. The molecule has 0 aliphatic heterocycles. The monoisotopic (exact) mass is 250 g/mol. The van der Waals surface area contributed by atoms with Gasteiger partial charge >= 0.3 is 0 Å². The zero-order valence-corrected chi connectivity index (χ0v) is 11.2. The molecular weight excluding hydrogens is 236 g/mol. The van der Waals surface area contributed by atoms with Gasteiger partial charge in [0.25, 0.3) is 0 Å². The van der Waals surface area contributed by atoms with Crippen molar-refractivity contribution in [2.75, 3.05) is 0 Å². The van der Waals surface area contributed by atoms with E-state index in [4.69, 9.17) is 11.6 Å². The number of nitrogens with zero attached hydrogens (tertiary/aromatic N) is 4. The van der Waals surface area contributed by atoms with Crippen LogP contribution in [0.5, 0.6) is 0 Å². The molecule has 0 N–H and O–H groups in total. The summed E-state index contributed by atoms with van der Waals surface area (Å²) in [6.45, 7) is 8.20. The highest BCUT2D eigenvalue weighted by atomic mass is 35.5. The molecule has 17 heavy (non-hydrogen) atoms. The topological polar surface area (TPSA) is 43.6 Å². The van der Waals surface area contributed by atoms with Gasteiger partial charge in [0.2, 0.25) is 5.28 Å². The zero-order valence-electron chi connectivity index (χ0n) is 10.4. The van der Waals surface area contributed by atoms with E-state index in [0.29, 0.717) is 5.82 Å². The Hall–Kier alpha value is -1.42. The van der Waals surface area contributed by atoms with Crippen molar-refractivity contribution in [1.29, 1.82) is 0 Å². The van der Waals surface area contributed by atoms with Crippen LogP contribution in [0, 0.1) is 6.92 Å². The van der Waals surface area contributed by atoms with Gasteiger partial charge < -0.3 is 0 Å². The van der Waals surface area contributed by atoms with Crippen LogP contribution in [0.2, 0.25) is 5.28 Å². The van der Waals surface area contributed by atoms with Crippen molar-refractivity contribution in [3.63, 3.8) is 0 Å². The Morgan fingerprint density at radius 1 is 1.24 bits per heavy atom. The van der Waals surface area contributed by atoms with Crippen LogP contribution in [0.25, 0.3) is 5.82 Å². The summed E-state index contributed by atoms with van der Waals surface area (Å²) in [5, 5.41) is 4.56. The van der Waals surface area contributed by atoms with Gasteiger partial charge in [-0.25, -0.2) is 9.67 Å². The van der Waals surface area contributed by atoms with Gasteiger partial charge in [0.15, 0.2) is 5.82 Å². The molecular formula is C12H15ClN4. The van der Waals surface area contributed by atoms with Gasteiger partial charge in [0.1, 0.15) is 0 Å². The summed E-state index contributed by atoms with van der Waals surface area (Å²) >= 11 is 5.95. The lowest BCUT2D eigenvalue weighted by molar-refractivity contribution is 0.565. The van der Waals surface area contributed by atoms with E-state index in [2.05, 4.69) is 35.8 Å². The first kappa shape index (κ1) is 12.0. The van der Waals surface area contributed by atoms with Crippen molar-refractivity contribution >= 4 is 11.6 Å². The molecule has 0 saturated heterocycles. The second-order valence-corrected chi connectivity index (χ2v) is 5.37. The Balaban J connectivity index is 2.52. The van der Waals surface area contributed by atoms with Crippen LogP contribution < -0.4 is 0 Å². The first-order chi connectivity index (χ1) is 7.86. The lowest BCUT2D eigenvalue weighted by atomic mass is 9.92. The maximum atomic E-state index is 5.95. The maximum Gasteiger partial charge on any atom is 0.224 e. The molecule has 2 aromatic rings. The molecule has 0 fully saturated rings. The summed E-state index contributed by atoms with van der Waals surface area (Å²) in [6.07, 6.45) is 1.86. The summed E-state index contributed by atoms with van der Waals surface area (Å²) in [4.78, 5) is 8.44. The first-order valence-electron chi connectivity index (χ1n) is 5.44. The molecule has 0 unspecified atom stereocenters. The SMILES string of the molecule is Cc1ccn(-c2cc(C(C)(C)C)nc(Cl)n2)n1. The van der Waals surface area contributed by atoms with Crippen LogP contribution in [-0.4, -0.2) is 19.7 Å². The Bertz CT molecular complexity index is 540. The third kappa shape index (κ3) is 2.64. The molecule has 0 aliphatic rings. The Morgan fingerprint density at radius 3 is 2.47 bits per heavy atom. The van der Waals surface area contributed by atoms with E-state index >= 15 is 0 Å². The fraction of sp³-hybridized carbons (Fsp3) is 0.417. The number of hydrogen-bond acceptors (Lipinski definition) is 3. The quantitative estimate of drug-likeness (QED) is 0.731. The molecule has 0 bridgehead atoms. The van der Waals surface area contributed by atoms with Crippen LogP contribution in [0.3, 0.4) is 0 Å². The van der Waals surface area contributed by atoms with Gasteiger partial charge in [-0.05, 0) is 24.6 Å². The molecule has 0 aromatic carbocycles. The molecule has 2 heterocycles. The van der Waals surface area contributed by atoms with E-state index in [1.54, 1.807) is 4.68 Å². The number of rotatable bonds is 1. The number of hydrogen-bond donors (Lipinski definition) is 0. The summed E-state index contributed by atoms with van der Waals surface area (Å²) in [5.41, 5.74) is 1.78. The summed E-state index contributed by atoms with van der Waals surface area (Å²) in [7, 11) is 0. The van der Waals surface area contributed by atoms with Gasteiger partial charge in [-0.2, -0.15) is 10.1 Å². The minimum absolute atomic E-state index is 0.0659. The van der Waals surface area contributed by atoms with Gasteiger partial charge in [-0.1, -0.05) is 20.8 Å². The third-order valence-electron chi connectivity index (χ3n) is 2.41. The smallest absolute Gasteiger partial charge is 0.222 e. The van der Waals surface area contributed by atoms with Gasteiger partial charge in [0, 0.05) is 17.7 Å². The highest BCUT2D eigenvalue weighted by molar-refractivity contribution is 6.28. The molecule has 0 radical (unpaired) electrons. The van der Waals surface area contributed by atoms with E-state index in [9.17, 15) is 0 Å². The molecule has 0 saturated carbocycles. The van der Waals surface area contributed by atoms with Crippen molar-refractivity contribution in [1.82, 2.24) is 19.7 Å². The van der Waals surface area contributed by atoms with Crippen LogP contribution >= 0.6 is 11.6 Å². The Kier molecular flexibility index (Phi) is 2.91. The molecule has 0 amide bonds. The van der Waals surface area contributed by atoms with E-state index < -0.39 is 0 Å². The average molecular weight is 251 g/mol. The van der Waals surface area contributed by atoms with E-state index in [-0.39, 0.29) is 10.7 Å². The van der Waals surface area contributed by atoms with Crippen LogP contribution in [0.4, 0.5) is 0 Å². The minimum atomic E-state index is -0.0659. The average Bonchev–Trinajstić information content (AvgIpc) is 2.62. The van der Waals surface area contributed by atoms with Crippen molar-refractivity contribution in [3.8, 4) is 5.82 Å². The van der Waals surface area contributed by atoms with E-state index in [0.717, 1.165) is 11.4 Å². The van der Waals surface area contributed by atoms with Crippen LogP contribution in [0.1, 0.15) is 32.2 Å². The minimum Gasteiger partial charge on any atom is -0.222 e. The molecule has 90 valence electrons. The summed E-state index contributed by atoms with van der Waals surface area (Å²) in [5.74, 6) is 0.697. The van der Waals surface area contributed by atoms with Crippen LogP contribution in [-0.2, 0) is 5.41 Å². The largest absolute Gasteiger partial charge is 0.224 e. The van der Waals surface area contributed by atoms with Crippen molar-refractivity contribution in [2.45, 2.75) is 33.1 Å². The molecule has 2 rings (SSSR count). The van der Waals surface area contributed by atoms with Gasteiger partial charge in [-0.15, -0.1) is 0 Å². The molecule has 2 aromatic heterocycles. The summed E-state index contributed by atoms with van der Waals surface area (Å²) in [6, 6.07) is 3.84. The van der Waals surface area contributed by atoms with E-state index in [1.807, 2.05) is 25.3 Å². The highest BCUT2D eigenvalue weighted by Gasteiger charge is 2.18. The second-order valence-electron chi connectivity index (χ2n) is 5.03.